The normalized spacial score (nSPS) is 14.4. The lowest BCUT2D eigenvalue weighted by Crippen LogP contribution is -2.25. The Hall–Kier alpha value is -1.26. The quantitative estimate of drug-likeness (QED) is 0.624. The molecule has 0 bridgehead atoms. The van der Waals surface area contributed by atoms with E-state index in [4.69, 9.17) is 11.6 Å². The number of halogens is 2. The Kier molecular flexibility index (Phi) is 5.04. The number of nitrogens with zero attached hydrogens (tertiary/aromatic N) is 1. The average Bonchev–Trinajstić information content (AvgIpc) is 3.36. The summed E-state index contributed by atoms with van der Waals surface area (Å²) in [6.07, 6.45) is 1.32. The minimum Gasteiger partial charge on any atom is -0.339 e. The van der Waals surface area contributed by atoms with E-state index in [1.54, 1.807) is 32.2 Å². The predicted octanol–water partition coefficient (Wildman–Crippen LogP) is 3.60. The van der Waals surface area contributed by atoms with Gasteiger partial charge in [0, 0.05) is 16.2 Å². The number of nitrogens with one attached hydrogen (secondary N) is 2. The van der Waals surface area contributed by atoms with Gasteiger partial charge in [-0.05, 0) is 66.6 Å². The molecule has 0 atom stereocenters. The number of benzene rings is 1. The molecule has 0 spiro atoms. The van der Waals surface area contributed by atoms with Crippen LogP contribution in [0.25, 0.3) is 0 Å². The average molecular weight is 494 g/mol. The molecule has 0 unspecified atom stereocenters. The molecule has 1 aliphatic carbocycles. The van der Waals surface area contributed by atoms with Crippen LogP contribution in [0, 0.1) is 10.5 Å². The zero-order chi connectivity index (χ0) is 18.4. The van der Waals surface area contributed by atoms with E-state index >= 15 is 0 Å². The van der Waals surface area contributed by atoms with Gasteiger partial charge in [-0.25, -0.2) is 8.42 Å². The van der Waals surface area contributed by atoms with Crippen LogP contribution in [0.4, 0.5) is 17.2 Å². The van der Waals surface area contributed by atoms with Crippen molar-refractivity contribution in [3.8, 4) is 0 Å². The van der Waals surface area contributed by atoms with Gasteiger partial charge in [0.05, 0.1) is 21.6 Å². The van der Waals surface area contributed by atoms with Crippen molar-refractivity contribution in [2.75, 3.05) is 10.0 Å². The number of sulfonamides is 1. The molecule has 1 saturated carbocycles. The first-order valence-corrected chi connectivity index (χ1v) is 10.6. The van der Waals surface area contributed by atoms with E-state index in [2.05, 4.69) is 32.6 Å². The summed E-state index contributed by atoms with van der Waals surface area (Å²) >= 11 is 8.40. The summed E-state index contributed by atoms with van der Waals surface area (Å²) in [6, 6.07) is 6.98. The number of hydrogen-bond donors (Lipinski definition) is 2. The highest BCUT2D eigenvalue weighted by molar-refractivity contribution is 14.1. The first kappa shape index (κ1) is 18.5. The van der Waals surface area contributed by atoms with Gasteiger partial charge in [-0.15, -0.1) is 0 Å². The zero-order valence-electron chi connectivity index (χ0n) is 13.6. The van der Waals surface area contributed by atoms with E-state index in [1.165, 1.54) is 4.57 Å². The largest absolute Gasteiger partial charge is 0.339 e. The topological polar surface area (TPSA) is 80.2 Å². The maximum Gasteiger partial charge on any atom is 0.254 e. The van der Waals surface area contributed by atoms with Crippen LogP contribution in [0.15, 0.2) is 29.1 Å². The Balaban J connectivity index is 2.07. The van der Waals surface area contributed by atoms with Crippen molar-refractivity contribution in [2.45, 2.75) is 25.0 Å². The number of anilines is 3. The van der Waals surface area contributed by atoms with Crippen LogP contribution in [0.5, 0.6) is 0 Å². The Morgan fingerprint density at radius 3 is 2.52 bits per heavy atom. The van der Waals surface area contributed by atoms with Crippen molar-refractivity contribution in [1.29, 1.82) is 0 Å². The SMILES string of the molecule is Cc1cc(NS(=O)(=O)C2CC2)c(Nc2ccc(I)cc2Cl)n(C)c1=O. The van der Waals surface area contributed by atoms with Crippen molar-refractivity contribution in [1.82, 2.24) is 4.57 Å². The molecule has 2 aromatic rings. The standard InChI is InChI=1S/C16H17ClIN3O3S/c1-9-7-14(20-25(23,24)11-4-5-11)15(21(2)16(9)22)19-13-6-3-10(18)8-12(13)17/h3,6-8,11,19-20H,4-5H2,1-2H3. The summed E-state index contributed by atoms with van der Waals surface area (Å²) in [4.78, 5) is 12.3. The van der Waals surface area contributed by atoms with Crippen molar-refractivity contribution in [3.05, 3.63) is 48.8 Å². The molecule has 1 aromatic carbocycles. The van der Waals surface area contributed by atoms with Gasteiger partial charge in [-0.1, -0.05) is 11.6 Å². The van der Waals surface area contributed by atoms with Gasteiger partial charge < -0.3 is 5.32 Å². The molecule has 0 saturated heterocycles. The fourth-order valence-corrected chi connectivity index (χ4v) is 4.74. The molecular formula is C16H17ClIN3O3S. The summed E-state index contributed by atoms with van der Waals surface area (Å²) in [7, 11) is -1.87. The number of aromatic nitrogens is 1. The molecule has 25 heavy (non-hydrogen) atoms. The third-order valence-corrected chi connectivity index (χ3v) is 6.83. The Morgan fingerprint density at radius 2 is 1.92 bits per heavy atom. The van der Waals surface area contributed by atoms with Crippen LogP contribution >= 0.6 is 34.2 Å². The Bertz CT molecular complexity index is 1000. The van der Waals surface area contributed by atoms with Crippen molar-refractivity contribution in [2.24, 2.45) is 7.05 Å². The Labute approximate surface area is 164 Å². The second-order valence-corrected chi connectivity index (χ2v) is 9.66. The second-order valence-electron chi connectivity index (χ2n) is 6.05. The highest BCUT2D eigenvalue weighted by Gasteiger charge is 2.36. The Morgan fingerprint density at radius 1 is 1.24 bits per heavy atom. The minimum absolute atomic E-state index is 0.210. The van der Waals surface area contributed by atoms with Crippen molar-refractivity contribution in [3.63, 3.8) is 0 Å². The molecule has 2 N–H and O–H groups in total. The second kappa shape index (κ2) is 6.81. The van der Waals surface area contributed by atoms with E-state index < -0.39 is 10.0 Å². The number of hydrogen-bond acceptors (Lipinski definition) is 4. The monoisotopic (exact) mass is 493 g/mol. The van der Waals surface area contributed by atoms with Crippen molar-refractivity contribution < 1.29 is 8.42 Å². The number of pyridine rings is 1. The highest BCUT2D eigenvalue weighted by atomic mass is 127. The van der Waals surface area contributed by atoms with Gasteiger partial charge in [0.2, 0.25) is 10.0 Å². The molecule has 0 aliphatic heterocycles. The molecule has 0 radical (unpaired) electrons. The first-order chi connectivity index (χ1) is 11.7. The van der Waals surface area contributed by atoms with Gasteiger partial charge in [0.25, 0.3) is 5.56 Å². The molecule has 0 amide bonds. The van der Waals surface area contributed by atoms with E-state index in [0.717, 1.165) is 3.57 Å². The lowest BCUT2D eigenvalue weighted by molar-refractivity contribution is 0.600. The fraction of sp³-hybridized carbons (Fsp3) is 0.312. The van der Waals surface area contributed by atoms with E-state index in [1.807, 2.05) is 6.07 Å². The third kappa shape index (κ3) is 3.95. The van der Waals surface area contributed by atoms with Crippen LogP contribution in [0.3, 0.4) is 0 Å². The maximum absolute atomic E-state index is 12.3. The molecule has 1 heterocycles. The summed E-state index contributed by atoms with van der Waals surface area (Å²) in [5, 5.41) is 3.21. The smallest absolute Gasteiger partial charge is 0.254 e. The molecular weight excluding hydrogens is 477 g/mol. The first-order valence-electron chi connectivity index (χ1n) is 7.63. The van der Waals surface area contributed by atoms with Gasteiger partial charge in [0.15, 0.2) is 0 Å². The van der Waals surface area contributed by atoms with Crippen LogP contribution in [0.1, 0.15) is 18.4 Å². The molecule has 9 heteroatoms. The lowest BCUT2D eigenvalue weighted by Gasteiger charge is -2.19. The third-order valence-electron chi connectivity index (χ3n) is 3.99. The molecule has 1 fully saturated rings. The van der Waals surface area contributed by atoms with Gasteiger partial charge in [-0.3, -0.25) is 14.1 Å². The summed E-state index contributed by atoms with van der Waals surface area (Å²) < 4.78 is 29.6. The molecule has 134 valence electrons. The predicted molar refractivity (Wildman–Crippen MR) is 109 cm³/mol. The van der Waals surface area contributed by atoms with Crippen LogP contribution in [-0.4, -0.2) is 18.2 Å². The lowest BCUT2D eigenvalue weighted by atomic mass is 10.2. The van der Waals surface area contributed by atoms with E-state index in [-0.39, 0.29) is 10.8 Å². The van der Waals surface area contributed by atoms with Gasteiger partial charge in [-0.2, -0.15) is 0 Å². The van der Waals surface area contributed by atoms with Gasteiger partial charge >= 0.3 is 0 Å². The molecule has 1 aliphatic rings. The molecule has 1 aromatic heterocycles. The number of aryl methyl sites for hydroxylation is 1. The fourth-order valence-electron chi connectivity index (χ4n) is 2.46. The van der Waals surface area contributed by atoms with Crippen LogP contribution < -0.4 is 15.6 Å². The maximum atomic E-state index is 12.3. The zero-order valence-corrected chi connectivity index (χ0v) is 17.4. The van der Waals surface area contributed by atoms with Crippen LogP contribution in [-0.2, 0) is 17.1 Å². The minimum atomic E-state index is -3.46. The summed E-state index contributed by atoms with van der Waals surface area (Å²) in [6.45, 7) is 1.65. The van der Waals surface area contributed by atoms with Crippen LogP contribution in [0.2, 0.25) is 5.02 Å². The van der Waals surface area contributed by atoms with Gasteiger partial charge in [0.1, 0.15) is 5.82 Å². The molecule has 6 nitrogen and oxygen atoms in total. The highest BCUT2D eigenvalue weighted by Crippen LogP contribution is 2.34. The van der Waals surface area contributed by atoms with E-state index in [0.29, 0.717) is 40.6 Å². The summed E-state index contributed by atoms with van der Waals surface area (Å²) in [5.41, 5.74) is 1.17. The van der Waals surface area contributed by atoms with E-state index in [9.17, 15) is 13.2 Å². The summed E-state index contributed by atoms with van der Waals surface area (Å²) in [5.74, 6) is 0.350. The number of rotatable bonds is 5. The molecule has 3 rings (SSSR count). The van der Waals surface area contributed by atoms with Crippen molar-refractivity contribution >= 4 is 61.4 Å².